The normalized spacial score (nSPS) is 38.3. The number of benzene rings is 1. The highest BCUT2D eigenvalue weighted by Gasteiger charge is 2.67. The minimum Gasteiger partial charge on any atom is -0.486 e. The van der Waals surface area contributed by atoms with Gasteiger partial charge in [0.15, 0.2) is 0 Å². The van der Waals surface area contributed by atoms with E-state index in [0.29, 0.717) is 17.7 Å². The number of carbonyl (C=O) groups excluding carboxylic acids is 1. The molecule has 2 aliphatic carbocycles. The van der Waals surface area contributed by atoms with Gasteiger partial charge >= 0.3 is 6.18 Å². The molecule has 31 heavy (non-hydrogen) atoms. The van der Waals surface area contributed by atoms with Crippen LogP contribution in [0.5, 0.6) is 5.75 Å². The van der Waals surface area contributed by atoms with Gasteiger partial charge in [0.1, 0.15) is 11.4 Å². The molecule has 1 spiro atoms. The summed E-state index contributed by atoms with van der Waals surface area (Å²) < 4.78 is 49.3. The zero-order valence-corrected chi connectivity index (χ0v) is 20.0. The summed E-state index contributed by atoms with van der Waals surface area (Å²) in [7, 11) is 0. The first kappa shape index (κ1) is 21.6. The number of ether oxygens (including phenoxy) is 1. The first-order chi connectivity index (χ1) is 14.3. The summed E-state index contributed by atoms with van der Waals surface area (Å²) in [6.07, 6.45) is -0.421. The van der Waals surface area contributed by atoms with Gasteiger partial charge in [-0.05, 0) is 43.1 Å². The number of hydrogen-bond acceptors (Lipinski definition) is 2. The molecule has 1 amide bonds. The Morgan fingerprint density at radius 2 is 1.87 bits per heavy atom. The number of nitrogens with one attached hydrogen (secondary N) is 1. The highest BCUT2D eigenvalue weighted by molar-refractivity contribution is 9.09. The lowest BCUT2D eigenvalue weighted by Crippen LogP contribution is -2.69. The molecule has 5 atom stereocenters. The van der Waals surface area contributed by atoms with Gasteiger partial charge in [-0.2, -0.15) is 13.2 Å². The second-order valence-corrected chi connectivity index (χ2v) is 12.3. The third kappa shape index (κ3) is 2.80. The number of carbonyl (C=O) groups is 1. The number of hydrogen-bond donors (Lipinski definition) is 1. The fraction of sp³-hybridized carbons (Fsp3) is 0.708. The predicted molar refractivity (Wildman–Crippen MR) is 115 cm³/mol. The van der Waals surface area contributed by atoms with Crippen LogP contribution in [-0.2, 0) is 19.1 Å². The van der Waals surface area contributed by atoms with Crippen LogP contribution in [-0.4, -0.2) is 16.3 Å². The second-order valence-electron chi connectivity index (χ2n) is 11.0. The molecule has 0 radical (unpaired) electrons. The maximum Gasteiger partial charge on any atom is 0.416 e. The molecule has 1 aromatic carbocycles. The maximum absolute atomic E-state index is 14.1. The fourth-order valence-electron chi connectivity index (χ4n) is 7.34. The number of rotatable bonds is 0. The van der Waals surface area contributed by atoms with Gasteiger partial charge in [-0.25, -0.2) is 0 Å². The van der Waals surface area contributed by atoms with E-state index in [1.54, 1.807) is 0 Å². The van der Waals surface area contributed by atoms with Crippen molar-refractivity contribution in [2.45, 2.75) is 82.9 Å². The van der Waals surface area contributed by atoms with Crippen molar-refractivity contribution in [1.29, 1.82) is 0 Å². The summed E-state index contributed by atoms with van der Waals surface area (Å²) in [5.74, 6) is 0.351. The van der Waals surface area contributed by atoms with Crippen LogP contribution >= 0.6 is 15.9 Å². The van der Waals surface area contributed by atoms with E-state index in [0.717, 1.165) is 31.7 Å². The smallest absolute Gasteiger partial charge is 0.416 e. The van der Waals surface area contributed by atoms with Gasteiger partial charge < -0.3 is 10.1 Å². The second kappa shape index (κ2) is 6.42. The summed E-state index contributed by atoms with van der Waals surface area (Å²) >= 11 is 3.86. The summed E-state index contributed by atoms with van der Waals surface area (Å²) in [5.41, 5.74) is -0.752. The molecular weight excluding hydrogens is 471 g/mol. The molecule has 2 fully saturated rings. The third-order valence-corrected chi connectivity index (χ3v) is 9.66. The van der Waals surface area contributed by atoms with Gasteiger partial charge in [0, 0.05) is 45.8 Å². The Bertz CT molecular complexity index is 975. The van der Waals surface area contributed by atoms with Crippen molar-refractivity contribution in [1.82, 2.24) is 5.32 Å². The Labute approximate surface area is 189 Å². The molecule has 1 N–H and O–H groups in total. The predicted octanol–water partition coefficient (Wildman–Crippen LogP) is 6.26. The van der Waals surface area contributed by atoms with E-state index >= 15 is 0 Å². The molecule has 7 heteroatoms. The van der Waals surface area contributed by atoms with E-state index in [9.17, 15) is 18.0 Å². The monoisotopic (exact) mass is 499 g/mol. The van der Waals surface area contributed by atoms with Crippen LogP contribution in [0.25, 0.3) is 0 Å². The minimum absolute atomic E-state index is 0.00417. The van der Waals surface area contributed by atoms with E-state index in [1.165, 1.54) is 0 Å². The quantitative estimate of drug-likeness (QED) is 0.428. The summed E-state index contributed by atoms with van der Waals surface area (Å²) in [6.45, 7) is 9.07. The molecule has 1 aromatic rings. The van der Waals surface area contributed by atoms with Gasteiger partial charge in [-0.15, -0.1) is 0 Å². The van der Waals surface area contributed by atoms with Crippen LogP contribution in [0.3, 0.4) is 0 Å². The SMILES string of the molecule is C[C@H]1CC[C@H]2C(C)(C)C[C@@H](Br)C[C@]23Oc2c4c(cc(C(F)(F)F)c2C[C@]13C)C(=O)NC4. The molecule has 2 saturated carbocycles. The molecular formula is C24H29BrF3NO2. The molecule has 0 bridgehead atoms. The Kier molecular flexibility index (Phi) is 4.47. The lowest BCUT2D eigenvalue weighted by molar-refractivity contribution is -0.210. The lowest BCUT2D eigenvalue weighted by atomic mass is 9.44. The van der Waals surface area contributed by atoms with Crippen molar-refractivity contribution < 1.29 is 22.7 Å². The standard InChI is InChI=1S/C24H29BrF3NO2/c1-12-5-6-18-21(2,3)8-13(25)9-23(18)22(12,4)10-15-17(24(26,27)28)7-14-16(19(15)31-23)11-29-20(14)30/h7,12-13,18H,5-6,8-11H2,1-4H3,(H,29,30)/t12-,13+,18-,22+,23-/m0/s1. The van der Waals surface area contributed by atoms with Crippen molar-refractivity contribution in [3.8, 4) is 5.75 Å². The van der Waals surface area contributed by atoms with Crippen LogP contribution < -0.4 is 10.1 Å². The first-order valence-corrected chi connectivity index (χ1v) is 12.1. The van der Waals surface area contributed by atoms with Crippen molar-refractivity contribution in [3.63, 3.8) is 0 Å². The van der Waals surface area contributed by atoms with Crippen molar-refractivity contribution in [3.05, 3.63) is 28.3 Å². The molecule has 2 heterocycles. The highest BCUT2D eigenvalue weighted by Crippen LogP contribution is 2.67. The van der Waals surface area contributed by atoms with Crippen LogP contribution in [0, 0.1) is 22.7 Å². The van der Waals surface area contributed by atoms with Gasteiger partial charge in [0.25, 0.3) is 5.91 Å². The molecule has 170 valence electrons. The number of fused-ring (bicyclic) bond motifs is 3. The zero-order valence-electron chi connectivity index (χ0n) is 18.4. The lowest BCUT2D eigenvalue weighted by Gasteiger charge is -2.67. The molecule has 5 rings (SSSR count). The van der Waals surface area contributed by atoms with Crippen LogP contribution in [0.1, 0.15) is 80.4 Å². The average Bonchev–Trinajstić information content (AvgIpc) is 3.00. The molecule has 0 unspecified atom stereocenters. The molecule has 3 nitrogen and oxygen atoms in total. The number of halogens is 4. The van der Waals surface area contributed by atoms with Gasteiger partial charge in [-0.1, -0.05) is 43.6 Å². The first-order valence-electron chi connectivity index (χ1n) is 11.2. The Balaban J connectivity index is 1.78. The van der Waals surface area contributed by atoms with E-state index in [-0.39, 0.29) is 39.7 Å². The van der Waals surface area contributed by atoms with Gasteiger partial charge in [-0.3, -0.25) is 4.79 Å². The Hall–Kier alpha value is -1.24. The van der Waals surface area contributed by atoms with Crippen LogP contribution in [0.15, 0.2) is 6.07 Å². The Morgan fingerprint density at radius 1 is 1.16 bits per heavy atom. The maximum atomic E-state index is 14.1. The van der Waals surface area contributed by atoms with E-state index in [4.69, 9.17) is 4.74 Å². The summed E-state index contributed by atoms with van der Waals surface area (Å²) in [6, 6.07) is 1.05. The summed E-state index contributed by atoms with van der Waals surface area (Å²) in [5, 5.41) is 2.70. The minimum atomic E-state index is -4.53. The van der Waals surface area contributed by atoms with E-state index < -0.39 is 28.7 Å². The Morgan fingerprint density at radius 3 is 2.55 bits per heavy atom. The molecule has 2 aliphatic heterocycles. The van der Waals surface area contributed by atoms with E-state index in [2.05, 4.69) is 48.9 Å². The van der Waals surface area contributed by atoms with Crippen molar-refractivity contribution >= 4 is 21.8 Å². The third-order valence-electron chi connectivity index (χ3n) is 9.01. The van der Waals surface area contributed by atoms with Crippen molar-refractivity contribution in [2.24, 2.45) is 22.7 Å². The van der Waals surface area contributed by atoms with Gasteiger partial charge in [0.2, 0.25) is 0 Å². The van der Waals surface area contributed by atoms with Crippen LogP contribution in [0.4, 0.5) is 13.2 Å². The molecule has 0 aromatic heterocycles. The largest absolute Gasteiger partial charge is 0.486 e. The van der Waals surface area contributed by atoms with Gasteiger partial charge in [0.05, 0.1) is 5.56 Å². The highest BCUT2D eigenvalue weighted by atomic mass is 79.9. The number of alkyl halides is 4. The van der Waals surface area contributed by atoms with E-state index in [1.807, 2.05) is 0 Å². The zero-order chi connectivity index (χ0) is 22.6. The topological polar surface area (TPSA) is 38.3 Å². The number of amides is 1. The van der Waals surface area contributed by atoms with Crippen LogP contribution in [0.2, 0.25) is 0 Å². The average molecular weight is 500 g/mol. The molecule has 0 saturated heterocycles. The summed E-state index contributed by atoms with van der Waals surface area (Å²) in [4.78, 5) is 12.6. The molecule has 4 aliphatic rings. The fourth-order valence-corrected chi connectivity index (χ4v) is 8.65. The van der Waals surface area contributed by atoms with Crippen molar-refractivity contribution in [2.75, 3.05) is 0 Å².